The van der Waals surface area contributed by atoms with Crippen LogP contribution in [0.4, 0.5) is 13.2 Å². The summed E-state index contributed by atoms with van der Waals surface area (Å²) in [7, 11) is 0. The summed E-state index contributed by atoms with van der Waals surface area (Å²) in [4.78, 5) is 11.0. The summed E-state index contributed by atoms with van der Waals surface area (Å²) in [5.41, 5.74) is -0.850. The molecule has 0 bridgehead atoms. The van der Waals surface area contributed by atoms with Crippen LogP contribution in [-0.2, 0) is 6.18 Å². The van der Waals surface area contributed by atoms with Gasteiger partial charge < -0.3 is 5.11 Å². The van der Waals surface area contributed by atoms with Crippen molar-refractivity contribution in [1.29, 1.82) is 0 Å². The Morgan fingerprint density at radius 1 is 1.32 bits per heavy atom. The minimum atomic E-state index is -4.56. The fourth-order valence-electron chi connectivity index (χ4n) is 1.70. The SMILES string of the molecule is Cc1cc(C(F)(F)F)nn1-c1ccccc1C(=O)O. The van der Waals surface area contributed by atoms with Gasteiger partial charge >= 0.3 is 12.1 Å². The first-order chi connectivity index (χ1) is 8.80. The Kier molecular flexibility index (Phi) is 3.05. The summed E-state index contributed by atoms with van der Waals surface area (Å²) >= 11 is 0. The topological polar surface area (TPSA) is 55.1 Å². The molecule has 0 fully saturated rings. The predicted octanol–water partition coefficient (Wildman–Crippen LogP) is 2.90. The van der Waals surface area contributed by atoms with Crippen LogP contribution in [0, 0.1) is 6.92 Å². The number of hydrogen-bond acceptors (Lipinski definition) is 2. The Labute approximate surface area is 106 Å². The third-order valence-corrected chi connectivity index (χ3v) is 2.54. The van der Waals surface area contributed by atoms with Crippen molar-refractivity contribution in [2.24, 2.45) is 0 Å². The second-order valence-corrected chi connectivity index (χ2v) is 3.90. The molecule has 0 amide bonds. The van der Waals surface area contributed by atoms with Crippen molar-refractivity contribution in [2.75, 3.05) is 0 Å². The second-order valence-electron chi connectivity index (χ2n) is 3.90. The van der Waals surface area contributed by atoms with Crippen LogP contribution in [-0.4, -0.2) is 20.9 Å². The van der Waals surface area contributed by atoms with Crippen LogP contribution >= 0.6 is 0 Å². The molecule has 0 saturated heterocycles. The summed E-state index contributed by atoms with van der Waals surface area (Å²) in [5, 5.41) is 12.4. The minimum Gasteiger partial charge on any atom is -0.478 e. The van der Waals surface area contributed by atoms with E-state index in [9.17, 15) is 18.0 Å². The molecule has 19 heavy (non-hydrogen) atoms. The third kappa shape index (κ3) is 2.44. The first-order valence-electron chi connectivity index (χ1n) is 5.27. The molecule has 0 aliphatic carbocycles. The van der Waals surface area contributed by atoms with Gasteiger partial charge in [-0.05, 0) is 25.1 Å². The fourth-order valence-corrected chi connectivity index (χ4v) is 1.70. The number of aromatic carboxylic acids is 1. The van der Waals surface area contributed by atoms with Gasteiger partial charge in [0.2, 0.25) is 0 Å². The van der Waals surface area contributed by atoms with Crippen molar-refractivity contribution < 1.29 is 23.1 Å². The van der Waals surface area contributed by atoms with Gasteiger partial charge in [0.1, 0.15) is 0 Å². The summed E-state index contributed by atoms with van der Waals surface area (Å²) in [6.45, 7) is 1.43. The van der Waals surface area contributed by atoms with Crippen molar-refractivity contribution in [2.45, 2.75) is 13.1 Å². The van der Waals surface area contributed by atoms with Crippen LogP contribution in [0.2, 0.25) is 0 Å². The highest BCUT2D eigenvalue weighted by Crippen LogP contribution is 2.29. The van der Waals surface area contributed by atoms with E-state index < -0.39 is 17.8 Å². The lowest BCUT2D eigenvalue weighted by Gasteiger charge is -2.07. The molecular weight excluding hydrogens is 261 g/mol. The normalized spacial score (nSPS) is 11.6. The molecular formula is C12H9F3N2O2. The summed E-state index contributed by atoms with van der Waals surface area (Å²) in [6, 6.07) is 6.63. The van der Waals surface area contributed by atoms with E-state index in [1.165, 1.54) is 31.2 Å². The van der Waals surface area contributed by atoms with E-state index in [1.807, 2.05) is 0 Å². The molecule has 0 radical (unpaired) electrons. The highest BCUT2D eigenvalue weighted by Gasteiger charge is 2.34. The largest absolute Gasteiger partial charge is 0.478 e. The van der Waals surface area contributed by atoms with E-state index >= 15 is 0 Å². The zero-order valence-electron chi connectivity index (χ0n) is 9.77. The predicted molar refractivity (Wildman–Crippen MR) is 60.3 cm³/mol. The van der Waals surface area contributed by atoms with Crippen LogP contribution in [0.15, 0.2) is 30.3 Å². The lowest BCUT2D eigenvalue weighted by molar-refractivity contribution is -0.141. The number of halogens is 3. The average Bonchev–Trinajstić information content (AvgIpc) is 2.71. The smallest absolute Gasteiger partial charge is 0.435 e. The van der Waals surface area contributed by atoms with Gasteiger partial charge in [0, 0.05) is 5.69 Å². The molecule has 4 nitrogen and oxygen atoms in total. The molecule has 100 valence electrons. The minimum absolute atomic E-state index is 0.100. The van der Waals surface area contributed by atoms with Crippen LogP contribution in [0.1, 0.15) is 21.7 Å². The van der Waals surface area contributed by atoms with Crippen LogP contribution in [0.5, 0.6) is 0 Å². The maximum Gasteiger partial charge on any atom is 0.435 e. The zero-order chi connectivity index (χ0) is 14.2. The molecule has 2 rings (SSSR count). The van der Waals surface area contributed by atoms with Gasteiger partial charge in [0.05, 0.1) is 11.3 Å². The standard InChI is InChI=1S/C12H9F3N2O2/c1-7-6-10(12(13,14)15)16-17(7)9-5-3-2-4-8(9)11(18)19/h2-6H,1H3,(H,18,19). The molecule has 0 aliphatic rings. The number of nitrogens with zero attached hydrogens (tertiary/aromatic N) is 2. The molecule has 1 aromatic carbocycles. The number of aromatic nitrogens is 2. The Morgan fingerprint density at radius 3 is 2.47 bits per heavy atom. The van der Waals surface area contributed by atoms with Gasteiger partial charge in [-0.2, -0.15) is 18.3 Å². The van der Waals surface area contributed by atoms with Crippen LogP contribution in [0.25, 0.3) is 5.69 Å². The van der Waals surface area contributed by atoms with E-state index in [0.717, 1.165) is 10.7 Å². The maximum absolute atomic E-state index is 12.6. The summed E-state index contributed by atoms with van der Waals surface area (Å²) in [5.74, 6) is -1.22. The first kappa shape index (κ1) is 13.1. The molecule has 1 N–H and O–H groups in total. The average molecular weight is 270 g/mol. The highest BCUT2D eigenvalue weighted by molar-refractivity contribution is 5.91. The van der Waals surface area contributed by atoms with Gasteiger partial charge in [0.25, 0.3) is 0 Å². The van der Waals surface area contributed by atoms with Gasteiger partial charge in [-0.25, -0.2) is 9.48 Å². The van der Waals surface area contributed by atoms with E-state index in [1.54, 1.807) is 0 Å². The van der Waals surface area contributed by atoms with Crippen molar-refractivity contribution >= 4 is 5.97 Å². The quantitative estimate of drug-likeness (QED) is 0.912. The Bertz CT molecular complexity index is 632. The molecule has 0 saturated carbocycles. The fraction of sp³-hybridized carbons (Fsp3) is 0.167. The number of carboxylic acid groups (broad SMARTS) is 1. The number of rotatable bonds is 2. The van der Waals surface area contributed by atoms with Gasteiger partial charge in [-0.1, -0.05) is 12.1 Å². The molecule has 2 aromatic rings. The van der Waals surface area contributed by atoms with E-state index in [-0.39, 0.29) is 16.9 Å². The van der Waals surface area contributed by atoms with E-state index in [0.29, 0.717) is 0 Å². The molecule has 0 aliphatic heterocycles. The molecule has 7 heteroatoms. The monoisotopic (exact) mass is 270 g/mol. The second kappa shape index (κ2) is 4.42. The van der Waals surface area contributed by atoms with Crippen molar-refractivity contribution in [3.8, 4) is 5.69 Å². The van der Waals surface area contributed by atoms with Gasteiger partial charge in [-0.15, -0.1) is 0 Å². The molecule has 0 atom stereocenters. The number of para-hydroxylation sites is 1. The van der Waals surface area contributed by atoms with Crippen LogP contribution < -0.4 is 0 Å². The lowest BCUT2D eigenvalue weighted by Crippen LogP contribution is -2.10. The van der Waals surface area contributed by atoms with Crippen molar-refractivity contribution in [3.05, 3.63) is 47.3 Å². The van der Waals surface area contributed by atoms with Crippen molar-refractivity contribution in [1.82, 2.24) is 9.78 Å². The Balaban J connectivity index is 2.60. The third-order valence-electron chi connectivity index (χ3n) is 2.54. The van der Waals surface area contributed by atoms with E-state index in [4.69, 9.17) is 5.11 Å². The Hall–Kier alpha value is -2.31. The van der Waals surface area contributed by atoms with Crippen LogP contribution in [0.3, 0.4) is 0 Å². The maximum atomic E-state index is 12.6. The summed E-state index contributed by atoms with van der Waals surface area (Å²) < 4.78 is 38.7. The zero-order valence-corrected chi connectivity index (χ0v) is 9.77. The van der Waals surface area contributed by atoms with Gasteiger partial charge in [-0.3, -0.25) is 0 Å². The summed E-state index contributed by atoms with van der Waals surface area (Å²) in [6.07, 6.45) is -4.56. The number of carboxylic acids is 1. The highest BCUT2D eigenvalue weighted by atomic mass is 19.4. The lowest BCUT2D eigenvalue weighted by atomic mass is 10.2. The molecule has 0 spiro atoms. The first-order valence-corrected chi connectivity index (χ1v) is 5.27. The number of hydrogen-bond donors (Lipinski definition) is 1. The number of carbonyl (C=O) groups is 1. The number of alkyl halides is 3. The number of benzene rings is 1. The molecule has 1 heterocycles. The van der Waals surface area contributed by atoms with E-state index in [2.05, 4.69) is 5.10 Å². The molecule has 1 aromatic heterocycles. The Morgan fingerprint density at radius 2 is 1.95 bits per heavy atom. The molecule has 0 unspecified atom stereocenters. The van der Waals surface area contributed by atoms with Crippen molar-refractivity contribution in [3.63, 3.8) is 0 Å². The van der Waals surface area contributed by atoms with Gasteiger partial charge in [0.15, 0.2) is 5.69 Å². The number of aryl methyl sites for hydroxylation is 1.